The molecule has 0 bridgehead atoms. The molecule has 0 saturated carbocycles. The fourth-order valence-electron chi connectivity index (χ4n) is 2.84. The molecule has 26 heavy (non-hydrogen) atoms. The third-order valence-corrected chi connectivity index (χ3v) is 4.33. The number of nitrogens with one attached hydrogen (secondary N) is 2. The van der Waals surface area contributed by atoms with Gasteiger partial charge in [0.1, 0.15) is 23.0 Å². The van der Waals surface area contributed by atoms with E-state index in [9.17, 15) is 4.79 Å². The number of carbonyl (C=O) groups is 1. The Bertz CT molecular complexity index is 729. The molecule has 3 rings (SSSR count). The van der Waals surface area contributed by atoms with Gasteiger partial charge in [0.25, 0.3) is 5.91 Å². The Labute approximate surface area is 154 Å². The highest BCUT2D eigenvalue weighted by Gasteiger charge is 2.25. The fraction of sp³-hybridized carbons (Fsp3) is 0.526. The number of hydrogen-bond donors (Lipinski definition) is 2. The predicted octanol–water partition coefficient (Wildman–Crippen LogP) is 2.41. The molecule has 1 saturated heterocycles. The quantitative estimate of drug-likeness (QED) is 0.874. The van der Waals surface area contributed by atoms with Gasteiger partial charge in [-0.25, -0.2) is 9.97 Å². The summed E-state index contributed by atoms with van der Waals surface area (Å²) >= 11 is 0. The van der Waals surface area contributed by atoms with Crippen LogP contribution in [0.15, 0.2) is 29.0 Å². The average molecular weight is 357 g/mol. The summed E-state index contributed by atoms with van der Waals surface area (Å²) in [6.07, 6.45) is 4.23. The zero-order valence-electron chi connectivity index (χ0n) is 15.7. The zero-order chi connectivity index (χ0) is 18.6. The number of aromatic nitrogens is 2. The highest BCUT2D eigenvalue weighted by Crippen LogP contribution is 2.23. The minimum absolute atomic E-state index is 0.0314. The summed E-state index contributed by atoms with van der Waals surface area (Å²) in [6, 6.07) is 3.73. The highest BCUT2D eigenvalue weighted by atomic mass is 16.3. The van der Waals surface area contributed by atoms with E-state index >= 15 is 0 Å². The van der Waals surface area contributed by atoms with Gasteiger partial charge in [0.05, 0.1) is 12.8 Å². The van der Waals surface area contributed by atoms with E-state index < -0.39 is 0 Å². The van der Waals surface area contributed by atoms with Crippen LogP contribution in [0, 0.1) is 0 Å². The lowest BCUT2D eigenvalue weighted by Gasteiger charge is -2.23. The molecule has 2 aromatic rings. The van der Waals surface area contributed by atoms with Crippen molar-refractivity contribution in [2.75, 3.05) is 31.5 Å². The Morgan fingerprint density at radius 3 is 2.92 bits per heavy atom. The molecule has 3 heterocycles. The summed E-state index contributed by atoms with van der Waals surface area (Å²) in [7, 11) is 0. The molecule has 0 aliphatic carbocycles. The first-order chi connectivity index (χ1) is 12.4. The number of hydrogen-bond acceptors (Lipinski definition) is 6. The predicted molar refractivity (Wildman–Crippen MR) is 100 cm³/mol. The molecule has 0 radical (unpaired) electrons. The number of amides is 1. The SMILES string of the molecule is CC(C)(C)c1ncc(C(=O)N2CCCNCC2)c(NCc2ccco2)n1. The topological polar surface area (TPSA) is 83.3 Å². The molecular weight excluding hydrogens is 330 g/mol. The van der Waals surface area contributed by atoms with Crippen LogP contribution in [0.1, 0.15) is 49.1 Å². The summed E-state index contributed by atoms with van der Waals surface area (Å²) in [6.45, 7) is 9.81. The third kappa shape index (κ3) is 4.40. The van der Waals surface area contributed by atoms with Crippen LogP contribution in [-0.2, 0) is 12.0 Å². The van der Waals surface area contributed by atoms with Crippen LogP contribution in [0.3, 0.4) is 0 Å². The van der Waals surface area contributed by atoms with Gasteiger partial charge >= 0.3 is 0 Å². The summed E-state index contributed by atoms with van der Waals surface area (Å²) in [5.74, 6) is 2.02. The van der Waals surface area contributed by atoms with Crippen molar-refractivity contribution >= 4 is 11.7 Å². The van der Waals surface area contributed by atoms with Gasteiger partial charge in [-0.1, -0.05) is 20.8 Å². The summed E-state index contributed by atoms with van der Waals surface area (Å²) in [5, 5.41) is 6.57. The van der Waals surface area contributed by atoms with E-state index in [2.05, 4.69) is 41.4 Å². The van der Waals surface area contributed by atoms with Crippen LogP contribution in [0.2, 0.25) is 0 Å². The highest BCUT2D eigenvalue weighted by molar-refractivity contribution is 5.98. The molecule has 7 heteroatoms. The van der Waals surface area contributed by atoms with E-state index in [0.717, 1.165) is 31.8 Å². The van der Waals surface area contributed by atoms with Crippen molar-refractivity contribution in [3.8, 4) is 0 Å². The normalized spacial score (nSPS) is 15.6. The van der Waals surface area contributed by atoms with Gasteiger partial charge in [-0.15, -0.1) is 0 Å². The molecule has 0 atom stereocenters. The minimum atomic E-state index is -0.199. The lowest BCUT2D eigenvalue weighted by Crippen LogP contribution is -2.35. The van der Waals surface area contributed by atoms with Crippen LogP contribution in [-0.4, -0.2) is 47.0 Å². The van der Waals surface area contributed by atoms with Crippen molar-refractivity contribution in [1.29, 1.82) is 0 Å². The molecule has 1 amide bonds. The van der Waals surface area contributed by atoms with Gasteiger partial charge in [-0.2, -0.15) is 0 Å². The molecule has 1 aliphatic rings. The van der Waals surface area contributed by atoms with Gasteiger partial charge < -0.3 is 20.0 Å². The van der Waals surface area contributed by atoms with Gasteiger partial charge in [-0.05, 0) is 25.1 Å². The van der Waals surface area contributed by atoms with E-state index in [-0.39, 0.29) is 11.3 Å². The van der Waals surface area contributed by atoms with E-state index in [1.165, 1.54) is 0 Å². The van der Waals surface area contributed by atoms with E-state index in [1.54, 1.807) is 12.5 Å². The number of anilines is 1. The van der Waals surface area contributed by atoms with Crippen molar-refractivity contribution < 1.29 is 9.21 Å². The van der Waals surface area contributed by atoms with Crippen LogP contribution >= 0.6 is 0 Å². The first-order valence-electron chi connectivity index (χ1n) is 9.09. The molecule has 7 nitrogen and oxygen atoms in total. The maximum absolute atomic E-state index is 13.1. The monoisotopic (exact) mass is 357 g/mol. The van der Waals surface area contributed by atoms with Crippen molar-refractivity contribution in [3.05, 3.63) is 41.7 Å². The lowest BCUT2D eigenvalue weighted by molar-refractivity contribution is 0.0766. The smallest absolute Gasteiger partial charge is 0.259 e. The van der Waals surface area contributed by atoms with Gasteiger partial charge in [0.2, 0.25) is 0 Å². The maximum Gasteiger partial charge on any atom is 0.259 e. The Hall–Kier alpha value is -2.41. The number of nitrogens with zero attached hydrogens (tertiary/aromatic N) is 3. The Balaban J connectivity index is 1.87. The molecule has 2 aromatic heterocycles. The van der Waals surface area contributed by atoms with Gasteiger partial charge in [-0.3, -0.25) is 4.79 Å². The molecular formula is C19H27N5O2. The summed E-state index contributed by atoms with van der Waals surface area (Å²) in [5.41, 5.74) is 0.307. The van der Waals surface area contributed by atoms with Crippen LogP contribution in [0.25, 0.3) is 0 Å². The first kappa shape index (κ1) is 18.4. The molecule has 1 fully saturated rings. The fourth-order valence-corrected chi connectivity index (χ4v) is 2.84. The third-order valence-electron chi connectivity index (χ3n) is 4.33. The maximum atomic E-state index is 13.1. The molecule has 140 valence electrons. The van der Waals surface area contributed by atoms with Gasteiger partial charge in [0.15, 0.2) is 0 Å². The Morgan fingerprint density at radius 1 is 1.35 bits per heavy atom. The number of furan rings is 1. The second kappa shape index (κ2) is 7.86. The van der Waals surface area contributed by atoms with Crippen molar-refractivity contribution in [1.82, 2.24) is 20.2 Å². The van der Waals surface area contributed by atoms with Crippen molar-refractivity contribution in [2.24, 2.45) is 0 Å². The number of rotatable bonds is 4. The Kier molecular flexibility index (Phi) is 5.56. The van der Waals surface area contributed by atoms with Gasteiger partial charge in [0, 0.05) is 31.2 Å². The largest absolute Gasteiger partial charge is 0.467 e. The zero-order valence-corrected chi connectivity index (χ0v) is 15.7. The molecule has 0 aromatic carbocycles. The Morgan fingerprint density at radius 2 is 2.19 bits per heavy atom. The minimum Gasteiger partial charge on any atom is -0.467 e. The second-order valence-electron chi connectivity index (χ2n) is 7.53. The van der Waals surface area contributed by atoms with Crippen molar-refractivity contribution in [2.45, 2.75) is 39.2 Å². The van der Waals surface area contributed by atoms with Crippen LogP contribution in [0.5, 0.6) is 0 Å². The van der Waals surface area contributed by atoms with E-state index in [1.807, 2.05) is 17.0 Å². The average Bonchev–Trinajstić information content (AvgIpc) is 2.98. The molecule has 2 N–H and O–H groups in total. The summed E-state index contributed by atoms with van der Waals surface area (Å²) in [4.78, 5) is 24.0. The van der Waals surface area contributed by atoms with Crippen LogP contribution < -0.4 is 10.6 Å². The molecule has 0 unspecified atom stereocenters. The molecule has 0 spiro atoms. The van der Waals surface area contributed by atoms with E-state index in [0.29, 0.717) is 30.3 Å². The summed E-state index contributed by atoms with van der Waals surface area (Å²) < 4.78 is 5.38. The second-order valence-corrected chi connectivity index (χ2v) is 7.53. The molecule has 1 aliphatic heterocycles. The van der Waals surface area contributed by atoms with Crippen LogP contribution in [0.4, 0.5) is 5.82 Å². The standard InChI is InChI=1S/C19H27N5O2/c1-19(2,3)18-22-13-15(17(25)24-9-5-7-20-8-10-24)16(23-18)21-12-14-6-4-11-26-14/h4,6,11,13,20H,5,7-10,12H2,1-3H3,(H,21,22,23). The van der Waals surface area contributed by atoms with E-state index in [4.69, 9.17) is 4.42 Å². The van der Waals surface area contributed by atoms with Crippen molar-refractivity contribution in [3.63, 3.8) is 0 Å². The lowest BCUT2D eigenvalue weighted by atomic mass is 9.95. The first-order valence-corrected chi connectivity index (χ1v) is 9.09. The number of carbonyl (C=O) groups excluding carboxylic acids is 1.